The molecule has 0 bridgehead atoms. The molecule has 7 nitrogen and oxygen atoms in total. The smallest absolute Gasteiger partial charge is 0.306 e. The zero-order valence-electron chi connectivity index (χ0n) is 14.2. The predicted molar refractivity (Wildman–Crippen MR) is 94.0 cm³/mol. The van der Waals surface area contributed by atoms with Crippen molar-refractivity contribution in [3.05, 3.63) is 58.4 Å². The Morgan fingerprint density at radius 2 is 1.88 bits per heavy atom. The molecule has 2 rings (SSSR count). The number of nitro benzene ring substituents is 1. The first-order valence-electron chi connectivity index (χ1n) is 8.09. The third-order valence-corrected chi connectivity index (χ3v) is 3.38. The number of amides is 1. The molecule has 0 heterocycles. The van der Waals surface area contributed by atoms with Gasteiger partial charge in [0.25, 0.3) is 0 Å². The largest absolute Gasteiger partial charge is 0.490 e. The van der Waals surface area contributed by atoms with Crippen molar-refractivity contribution in [2.75, 3.05) is 18.5 Å². The predicted octanol–water partition coefficient (Wildman–Crippen LogP) is 3.93. The van der Waals surface area contributed by atoms with Gasteiger partial charge in [0.2, 0.25) is 11.7 Å². The van der Waals surface area contributed by atoms with E-state index in [1.54, 1.807) is 12.1 Å². The minimum atomic E-state index is -0.950. The Balaban J connectivity index is 1.81. The Hall–Kier alpha value is -3.16. The van der Waals surface area contributed by atoms with Crippen LogP contribution in [0, 0.1) is 15.9 Å². The molecule has 0 fully saturated rings. The Labute approximate surface area is 149 Å². The molecule has 8 heteroatoms. The van der Waals surface area contributed by atoms with Crippen LogP contribution in [0.5, 0.6) is 11.5 Å². The van der Waals surface area contributed by atoms with Gasteiger partial charge in [-0.05, 0) is 37.6 Å². The molecular weight excluding hydrogens is 343 g/mol. The molecule has 26 heavy (non-hydrogen) atoms. The Bertz CT molecular complexity index is 782. The van der Waals surface area contributed by atoms with Gasteiger partial charge in [0, 0.05) is 18.2 Å². The first-order valence-corrected chi connectivity index (χ1v) is 8.09. The number of carbonyl (C=O) groups excluding carboxylic acids is 1. The molecule has 1 N–H and O–H groups in total. The van der Waals surface area contributed by atoms with Crippen molar-refractivity contribution in [1.29, 1.82) is 0 Å². The van der Waals surface area contributed by atoms with Crippen LogP contribution in [0.3, 0.4) is 0 Å². The number of nitrogens with zero attached hydrogens (tertiary/aromatic N) is 1. The standard InChI is InChI=1S/C18H19FN2O5/c1-2-25-16-6-3-4-7-17(16)26-11-5-8-18(22)20-13-9-10-14(19)15(12-13)21(23)24/h3-4,6-7,9-10,12H,2,5,8,11H2,1H3,(H,20,22). The number of nitro groups is 1. The highest BCUT2D eigenvalue weighted by molar-refractivity contribution is 5.91. The summed E-state index contributed by atoms with van der Waals surface area (Å²) in [5.41, 5.74) is -0.510. The minimum absolute atomic E-state index is 0.155. The highest BCUT2D eigenvalue weighted by atomic mass is 19.1. The van der Waals surface area contributed by atoms with E-state index in [0.29, 0.717) is 31.1 Å². The van der Waals surface area contributed by atoms with Crippen LogP contribution in [0.25, 0.3) is 0 Å². The lowest BCUT2D eigenvalue weighted by molar-refractivity contribution is -0.387. The zero-order chi connectivity index (χ0) is 18.9. The van der Waals surface area contributed by atoms with E-state index in [1.165, 1.54) is 6.07 Å². The number of anilines is 1. The van der Waals surface area contributed by atoms with E-state index in [1.807, 2.05) is 19.1 Å². The lowest BCUT2D eigenvalue weighted by atomic mass is 10.2. The van der Waals surface area contributed by atoms with Crippen molar-refractivity contribution in [2.45, 2.75) is 19.8 Å². The highest BCUT2D eigenvalue weighted by Crippen LogP contribution is 2.26. The number of halogens is 1. The van der Waals surface area contributed by atoms with E-state index in [-0.39, 0.29) is 18.0 Å². The van der Waals surface area contributed by atoms with Gasteiger partial charge in [0.15, 0.2) is 11.5 Å². The molecular formula is C18H19FN2O5. The normalized spacial score (nSPS) is 10.2. The molecule has 0 radical (unpaired) electrons. The Morgan fingerprint density at radius 1 is 1.19 bits per heavy atom. The number of para-hydroxylation sites is 2. The Morgan fingerprint density at radius 3 is 2.54 bits per heavy atom. The van der Waals surface area contributed by atoms with Crippen LogP contribution in [0.15, 0.2) is 42.5 Å². The number of benzene rings is 2. The van der Waals surface area contributed by atoms with E-state index in [0.717, 1.165) is 12.1 Å². The zero-order valence-corrected chi connectivity index (χ0v) is 14.2. The van der Waals surface area contributed by atoms with Crippen molar-refractivity contribution >= 4 is 17.3 Å². The maximum atomic E-state index is 13.3. The molecule has 138 valence electrons. The molecule has 0 aliphatic rings. The number of ether oxygens (including phenoxy) is 2. The number of nitrogens with one attached hydrogen (secondary N) is 1. The first-order chi connectivity index (χ1) is 12.5. The SMILES string of the molecule is CCOc1ccccc1OCCCC(=O)Nc1ccc(F)c([N+](=O)[O-])c1. The van der Waals surface area contributed by atoms with Crippen molar-refractivity contribution in [2.24, 2.45) is 0 Å². The van der Waals surface area contributed by atoms with Gasteiger partial charge < -0.3 is 14.8 Å². The van der Waals surface area contributed by atoms with Crippen LogP contribution >= 0.6 is 0 Å². The molecule has 0 aliphatic carbocycles. The summed E-state index contributed by atoms with van der Waals surface area (Å²) in [6, 6.07) is 10.5. The van der Waals surface area contributed by atoms with E-state index in [9.17, 15) is 19.3 Å². The second-order valence-electron chi connectivity index (χ2n) is 5.30. The summed E-state index contributed by atoms with van der Waals surface area (Å²) in [5, 5.41) is 13.2. The maximum Gasteiger partial charge on any atom is 0.306 e. The molecule has 0 spiro atoms. The summed E-state index contributed by atoms with van der Waals surface area (Å²) >= 11 is 0. The van der Waals surface area contributed by atoms with Crippen molar-refractivity contribution in [3.63, 3.8) is 0 Å². The van der Waals surface area contributed by atoms with Crippen molar-refractivity contribution < 1.29 is 23.6 Å². The van der Waals surface area contributed by atoms with E-state index in [4.69, 9.17) is 9.47 Å². The fourth-order valence-corrected chi connectivity index (χ4v) is 2.21. The summed E-state index contributed by atoms with van der Waals surface area (Å²) < 4.78 is 24.3. The van der Waals surface area contributed by atoms with Gasteiger partial charge >= 0.3 is 5.69 Å². The fourth-order valence-electron chi connectivity index (χ4n) is 2.21. The lowest BCUT2D eigenvalue weighted by Crippen LogP contribution is -2.13. The first kappa shape index (κ1) is 19.2. The fraction of sp³-hybridized carbons (Fsp3) is 0.278. The second-order valence-corrected chi connectivity index (χ2v) is 5.30. The van der Waals surface area contributed by atoms with E-state index < -0.39 is 16.4 Å². The third-order valence-electron chi connectivity index (χ3n) is 3.38. The lowest BCUT2D eigenvalue weighted by Gasteiger charge is -2.11. The van der Waals surface area contributed by atoms with Gasteiger partial charge in [0.1, 0.15) is 0 Å². The van der Waals surface area contributed by atoms with Crippen molar-refractivity contribution in [3.8, 4) is 11.5 Å². The third kappa shape index (κ3) is 5.44. The average molecular weight is 362 g/mol. The average Bonchev–Trinajstić information content (AvgIpc) is 2.61. The molecule has 2 aromatic carbocycles. The van der Waals surface area contributed by atoms with Gasteiger partial charge in [-0.2, -0.15) is 4.39 Å². The second kappa shape index (κ2) is 9.36. The molecule has 2 aromatic rings. The van der Waals surface area contributed by atoms with Crippen LogP contribution in [0.4, 0.5) is 15.8 Å². The number of hydrogen-bond acceptors (Lipinski definition) is 5. The molecule has 0 atom stereocenters. The molecule has 0 saturated carbocycles. The molecule has 0 saturated heterocycles. The van der Waals surface area contributed by atoms with E-state index >= 15 is 0 Å². The van der Waals surface area contributed by atoms with Gasteiger partial charge in [-0.1, -0.05) is 12.1 Å². The quantitative estimate of drug-likeness (QED) is 0.415. The van der Waals surface area contributed by atoms with Gasteiger partial charge in [-0.3, -0.25) is 14.9 Å². The van der Waals surface area contributed by atoms with Crippen LogP contribution < -0.4 is 14.8 Å². The Kier molecular flexibility index (Phi) is 6.90. The van der Waals surface area contributed by atoms with Crippen LogP contribution in [0.1, 0.15) is 19.8 Å². The van der Waals surface area contributed by atoms with E-state index in [2.05, 4.69) is 5.32 Å². The summed E-state index contributed by atoms with van der Waals surface area (Å²) in [4.78, 5) is 21.8. The summed E-state index contributed by atoms with van der Waals surface area (Å²) in [7, 11) is 0. The number of hydrogen-bond donors (Lipinski definition) is 1. The monoisotopic (exact) mass is 362 g/mol. The molecule has 0 unspecified atom stereocenters. The molecule has 0 aromatic heterocycles. The van der Waals surface area contributed by atoms with Crippen LogP contribution in [-0.4, -0.2) is 24.0 Å². The van der Waals surface area contributed by atoms with Crippen LogP contribution in [-0.2, 0) is 4.79 Å². The maximum absolute atomic E-state index is 13.3. The molecule has 1 amide bonds. The summed E-state index contributed by atoms with van der Waals surface area (Å²) in [6.45, 7) is 2.70. The highest BCUT2D eigenvalue weighted by Gasteiger charge is 2.15. The topological polar surface area (TPSA) is 90.7 Å². The van der Waals surface area contributed by atoms with Gasteiger partial charge in [0.05, 0.1) is 18.1 Å². The summed E-state index contributed by atoms with van der Waals surface area (Å²) in [5.74, 6) is -0.0519. The van der Waals surface area contributed by atoms with Crippen molar-refractivity contribution in [1.82, 2.24) is 0 Å². The van der Waals surface area contributed by atoms with Crippen LogP contribution in [0.2, 0.25) is 0 Å². The molecule has 0 aliphatic heterocycles. The van der Waals surface area contributed by atoms with Gasteiger partial charge in [-0.25, -0.2) is 0 Å². The summed E-state index contributed by atoms with van der Waals surface area (Å²) in [6.07, 6.45) is 0.595. The minimum Gasteiger partial charge on any atom is -0.490 e. The van der Waals surface area contributed by atoms with Gasteiger partial charge in [-0.15, -0.1) is 0 Å². The number of carbonyl (C=O) groups is 1. The number of rotatable bonds is 9.